The number of aryl methyl sites for hydroxylation is 1. The van der Waals surface area contributed by atoms with Gasteiger partial charge in [-0.25, -0.2) is 0 Å². The highest BCUT2D eigenvalue weighted by Crippen LogP contribution is 2.20. The number of benzene rings is 2. The highest BCUT2D eigenvalue weighted by atomic mass is 79.9. The maximum Gasteiger partial charge on any atom is 0.225 e. The molecule has 0 unspecified atom stereocenters. The molecule has 0 bridgehead atoms. The molecule has 2 aromatic carbocycles. The van der Waals surface area contributed by atoms with Crippen LogP contribution in [-0.4, -0.2) is 23.4 Å². The fraction of sp³-hybridized carbons (Fsp3) is 0.350. The van der Waals surface area contributed by atoms with Gasteiger partial charge in [0.1, 0.15) is 0 Å². The number of rotatable bonds is 7. The number of nitrogens with one attached hydrogen (secondary N) is 1. The number of carbonyl (C=O) groups is 1. The highest BCUT2D eigenvalue weighted by molar-refractivity contribution is 9.10. The van der Waals surface area contributed by atoms with Crippen LogP contribution >= 0.6 is 15.9 Å². The minimum Gasteiger partial charge on any atom is -0.326 e. The first-order valence-electron chi connectivity index (χ1n) is 8.29. The van der Waals surface area contributed by atoms with Gasteiger partial charge in [0, 0.05) is 35.7 Å². The van der Waals surface area contributed by atoms with Gasteiger partial charge < -0.3 is 5.32 Å². The Morgan fingerprint density at radius 2 is 1.88 bits per heavy atom. The smallest absolute Gasteiger partial charge is 0.225 e. The van der Waals surface area contributed by atoms with Crippen molar-refractivity contribution >= 4 is 27.5 Å². The quantitative estimate of drug-likeness (QED) is 0.723. The van der Waals surface area contributed by atoms with Gasteiger partial charge in [0.15, 0.2) is 0 Å². The zero-order valence-corrected chi connectivity index (χ0v) is 16.1. The molecule has 0 fully saturated rings. The van der Waals surface area contributed by atoms with Crippen LogP contribution in [0.25, 0.3) is 0 Å². The first-order chi connectivity index (χ1) is 11.5. The van der Waals surface area contributed by atoms with Crippen molar-refractivity contribution in [1.82, 2.24) is 4.90 Å². The van der Waals surface area contributed by atoms with E-state index in [2.05, 4.69) is 64.3 Å². The summed E-state index contributed by atoms with van der Waals surface area (Å²) in [5.74, 6) is 0.0458. The van der Waals surface area contributed by atoms with E-state index in [9.17, 15) is 4.79 Å². The summed E-state index contributed by atoms with van der Waals surface area (Å²) in [4.78, 5) is 14.6. The molecule has 0 saturated carbocycles. The fourth-order valence-corrected chi connectivity index (χ4v) is 2.86. The third-order valence-electron chi connectivity index (χ3n) is 4.04. The summed E-state index contributed by atoms with van der Waals surface area (Å²) >= 11 is 3.49. The molecule has 0 spiro atoms. The molecule has 2 rings (SSSR count). The van der Waals surface area contributed by atoms with Gasteiger partial charge in [-0.3, -0.25) is 9.69 Å². The second-order valence-electron chi connectivity index (χ2n) is 6.31. The molecule has 0 aliphatic rings. The number of amides is 1. The Hall–Kier alpha value is -1.65. The van der Waals surface area contributed by atoms with Crippen molar-refractivity contribution in [3.63, 3.8) is 0 Å². The van der Waals surface area contributed by atoms with E-state index in [1.165, 1.54) is 5.56 Å². The van der Waals surface area contributed by atoms with Crippen molar-refractivity contribution in [2.75, 3.05) is 11.9 Å². The van der Waals surface area contributed by atoms with Gasteiger partial charge in [-0.15, -0.1) is 0 Å². The number of hydrogen-bond acceptors (Lipinski definition) is 2. The second kappa shape index (κ2) is 9.00. The highest BCUT2D eigenvalue weighted by Gasteiger charge is 2.12. The van der Waals surface area contributed by atoms with Gasteiger partial charge in [0.05, 0.1) is 0 Å². The number of nitrogens with zero attached hydrogens (tertiary/aromatic N) is 1. The first-order valence-corrected chi connectivity index (χ1v) is 9.09. The Morgan fingerprint density at radius 3 is 2.50 bits per heavy atom. The molecule has 1 N–H and O–H groups in total. The van der Waals surface area contributed by atoms with Crippen LogP contribution in [0.3, 0.4) is 0 Å². The predicted molar refractivity (Wildman–Crippen MR) is 104 cm³/mol. The van der Waals surface area contributed by atoms with Crippen LogP contribution in [-0.2, 0) is 11.3 Å². The molecule has 0 radical (unpaired) electrons. The molecule has 128 valence electrons. The Morgan fingerprint density at radius 1 is 1.17 bits per heavy atom. The summed E-state index contributed by atoms with van der Waals surface area (Å²) in [5.41, 5.74) is 3.26. The molecule has 24 heavy (non-hydrogen) atoms. The summed E-state index contributed by atoms with van der Waals surface area (Å²) in [7, 11) is 0. The van der Waals surface area contributed by atoms with Crippen LogP contribution in [0.1, 0.15) is 31.4 Å². The second-order valence-corrected chi connectivity index (χ2v) is 7.17. The zero-order valence-electron chi connectivity index (χ0n) is 14.6. The van der Waals surface area contributed by atoms with E-state index in [0.717, 1.165) is 28.8 Å². The van der Waals surface area contributed by atoms with Crippen LogP contribution in [0, 0.1) is 6.92 Å². The summed E-state index contributed by atoms with van der Waals surface area (Å²) in [5, 5.41) is 2.97. The van der Waals surface area contributed by atoms with Gasteiger partial charge in [-0.2, -0.15) is 0 Å². The number of anilines is 1. The summed E-state index contributed by atoms with van der Waals surface area (Å²) < 4.78 is 1.01. The molecule has 2 aromatic rings. The van der Waals surface area contributed by atoms with Gasteiger partial charge in [-0.1, -0.05) is 52.3 Å². The minimum absolute atomic E-state index is 0.0458. The van der Waals surface area contributed by atoms with Crippen LogP contribution in [0.4, 0.5) is 5.69 Å². The normalized spacial score (nSPS) is 11.1. The largest absolute Gasteiger partial charge is 0.326 e. The van der Waals surface area contributed by atoms with Crippen molar-refractivity contribution in [1.29, 1.82) is 0 Å². The molecule has 4 heteroatoms. The summed E-state index contributed by atoms with van der Waals surface area (Å²) in [6, 6.07) is 16.6. The van der Waals surface area contributed by atoms with Crippen molar-refractivity contribution in [3.8, 4) is 0 Å². The Bertz CT molecular complexity index is 671. The van der Waals surface area contributed by atoms with E-state index in [4.69, 9.17) is 0 Å². The van der Waals surface area contributed by atoms with Gasteiger partial charge in [0.25, 0.3) is 0 Å². The predicted octanol–water partition coefficient (Wildman–Crippen LogP) is 5.00. The Kier molecular flexibility index (Phi) is 7.00. The monoisotopic (exact) mass is 388 g/mol. The van der Waals surface area contributed by atoms with E-state index < -0.39 is 0 Å². The van der Waals surface area contributed by atoms with Crippen LogP contribution in [0.15, 0.2) is 53.0 Å². The SMILES string of the molecule is Cc1ccc(NC(=O)CCN(Cc2ccccc2)C(C)C)cc1Br. The molecular weight excluding hydrogens is 364 g/mol. The lowest BCUT2D eigenvalue weighted by Gasteiger charge is -2.26. The summed E-state index contributed by atoms with van der Waals surface area (Å²) in [6.07, 6.45) is 0.483. The van der Waals surface area contributed by atoms with Gasteiger partial charge in [-0.05, 0) is 44.0 Å². The molecule has 0 heterocycles. The first kappa shape index (κ1) is 18.7. The lowest BCUT2D eigenvalue weighted by molar-refractivity contribution is -0.116. The van der Waals surface area contributed by atoms with Gasteiger partial charge in [0.2, 0.25) is 5.91 Å². The van der Waals surface area contributed by atoms with Crippen LogP contribution in [0.5, 0.6) is 0 Å². The van der Waals surface area contributed by atoms with E-state index in [1.807, 2.05) is 31.2 Å². The average Bonchev–Trinajstić information content (AvgIpc) is 2.55. The van der Waals surface area contributed by atoms with Crippen molar-refractivity contribution in [3.05, 3.63) is 64.1 Å². The molecule has 1 amide bonds. The fourth-order valence-electron chi connectivity index (χ4n) is 2.48. The minimum atomic E-state index is 0.0458. The van der Waals surface area contributed by atoms with Crippen molar-refractivity contribution in [2.45, 2.75) is 39.8 Å². The number of carbonyl (C=O) groups excluding carboxylic acids is 1. The zero-order chi connectivity index (χ0) is 17.5. The molecule has 0 atom stereocenters. The molecule has 0 aliphatic carbocycles. The van der Waals surface area contributed by atoms with Crippen LogP contribution in [0.2, 0.25) is 0 Å². The molecule has 3 nitrogen and oxygen atoms in total. The standard InChI is InChI=1S/C20H25BrN2O/c1-15(2)23(14-17-7-5-4-6-8-17)12-11-20(24)22-18-10-9-16(3)19(21)13-18/h4-10,13,15H,11-12,14H2,1-3H3,(H,22,24). The average molecular weight is 389 g/mol. The summed E-state index contributed by atoms with van der Waals surface area (Å²) in [6.45, 7) is 7.96. The third kappa shape index (κ3) is 5.77. The third-order valence-corrected chi connectivity index (χ3v) is 4.89. The maximum absolute atomic E-state index is 12.2. The van der Waals surface area contributed by atoms with Crippen molar-refractivity contribution < 1.29 is 4.79 Å². The van der Waals surface area contributed by atoms with Crippen molar-refractivity contribution in [2.24, 2.45) is 0 Å². The maximum atomic E-state index is 12.2. The van der Waals surface area contributed by atoms with E-state index in [-0.39, 0.29) is 5.91 Å². The lowest BCUT2D eigenvalue weighted by Crippen LogP contribution is -2.33. The topological polar surface area (TPSA) is 32.3 Å². The lowest BCUT2D eigenvalue weighted by atomic mass is 10.1. The Balaban J connectivity index is 1.89. The molecule has 0 saturated heterocycles. The van der Waals surface area contributed by atoms with Crippen LogP contribution < -0.4 is 5.32 Å². The van der Waals surface area contributed by atoms with Gasteiger partial charge >= 0.3 is 0 Å². The Labute approximate surface area is 153 Å². The van der Waals surface area contributed by atoms with E-state index in [1.54, 1.807) is 0 Å². The number of halogens is 1. The number of hydrogen-bond donors (Lipinski definition) is 1. The van der Waals surface area contributed by atoms with E-state index >= 15 is 0 Å². The molecule has 0 aliphatic heterocycles. The van der Waals surface area contributed by atoms with E-state index in [0.29, 0.717) is 12.5 Å². The molecular formula is C20H25BrN2O. The molecule has 0 aromatic heterocycles.